The largest absolute Gasteiger partial charge is 0.390 e. The Kier molecular flexibility index (Phi) is 1.43. The molecule has 60 valence electrons. The molecule has 0 amide bonds. The summed E-state index contributed by atoms with van der Waals surface area (Å²) in [6.07, 6.45) is 10.6. The summed E-state index contributed by atoms with van der Waals surface area (Å²) in [6, 6.07) is 0. The van der Waals surface area contributed by atoms with Gasteiger partial charge in [0, 0.05) is 0 Å². The number of hydrogen-bond acceptors (Lipinski definition) is 1. The molecule has 0 fully saturated rings. The average Bonchev–Trinajstić information content (AvgIpc) is 2.12. The summed E-state index contributed by atoms with van der Waals surface area (Å²) in [5.41, 5.74) is -0.456. The van der Waals surface area contributed by atoms with Crippen molar-refractivity contribution < 1.29 is 5.11 Å². The van der Waals surface area contributed by atoms with Gasteiger partial charge in [0.1, 0.15) is 0 Å². The maximum absolute atomic E-state index is 9.86. The van der Waals surface area contributed by atoms with Crippen LogP contribution in [0.15, 0.2) is 24.3 Å². The van der Waals surface area contributed by atoms with E-state index in [4.69, 9.17) is 0 Å². The quantitative estimate of drug-likeness (QED) is 0.523. The van der Waals surface area contributed by atoms with E-state index in [0.29, 0.717) is 11.8 Å². The van der Waals surface area contributed by atoms with Crippen LogP contribution in [-0.2, 0) is 0 Å². The summed E-state index contributed by atoms with van der Waals surface area (Å²) in [5, 5.41) is 9.86. The van der Waals surface area contributed by atoms with Crippen LogP contribution in [0.5, 0.6) is 0 Å². The molecule has 1 N–H and O–H groups in total. The third-order valence-corrected chi connectivity index (χ3v) is 2.56. The fraction of sp³-hybridized carbons (Fsp3) is 0.600. The molecule has 0 saturated heterocycles. The van der Waals surface area contributed by atoms with Crippen molar-refractivity contribution in [3.63, 3.8) is 0 Å². The van der Waals surface area contributed by atoms with E-state index in [1.807, 2.05) is 6.92 Å². The number of hydrogen-bond donors (Lipinski definition) is 1. The molecular formula is C10H14O. The van der Waals surface area contributed by atoms with Crippen molar-refractivity contribution in [2.24, 2.45) is 11.8 Å². The number of fused-ring (bicyclic) bond motifs is 2. The van der Waals surface area contributed by atoms with E-state index in [1.54, 1.807) is 0 Å². The second-order valence-corrected chi connectivity index (χ2v) is 4.00. The van der Waals surface area contributed by atoms with Crippen molar-refractivity contribution in [2.45, 2.75) is 25.4 Å². The monoisotopic (exact) mass is 150 g/mol. The minimum absolute atomic E-state index is 0.456. The Bertz CT molecular complexity index is 179. The van der Waals surface area contributed by atoms with E-state index >= 15 is 0 Å². The molecule has 1 heteroatoms. The smallest absolute Gasteiger partial charge is 0.0637 e. The summed E-state index contributed by atoms with van der Waals surface area (Å²) < 4.78 is 0. The van der Waals surface area contributed by atoms with Gasteiger partial charge >= 0.3 is 0 Å². The van der Waals surface area contributed by atoms with Crippen LogP contribution in [0.3, 0.4) is 0 Å². The van der Waals surface area contributed by atoms with Crippen molar-refractivity contribution in [2.75, 3.05) is 0 Å². The van der Waals surface area contributed by atoms with Crippen molar-refractivity contribution in [3.8, 4) is 0 Å². The fourth-order valence-corrected chi connectivity index (χ4v) is 2.07. The van der Waals surface area contributed by atoms with Crippen molar-refractivity contribution in [1.82, 2.24) is 0 Å². The first-order valence-corrected chi connectivity index (χ1v) is 4.25. The first kappa shape index (κ1) is 7.11. The van der Waals surface area contributed by atoms with Gasteiger partial charge in [0.25, 0.3) is 0 Å². The first-order chi connectivity index (χ1) is 5.16. The minimum atomic E-state index is -0.456. The first-order valence-electron chi connectivity index (χ1n) is 4.25. The van der Waals surface area contributed by atoms with Crippen LogP contribution in [0.25, 0.3) is 0 Å². The lowest BCUT2D eigenvalue weighted by Crippen LogP contribution is -2.25. The Morgan fingerprint density at radius 1 is 1.09 bits per heavy atom. The molecule has 0 aromatic rings. The summed E-state index contributed by atoms with van der Waals surface area (Å²) >= 11 is 0. The van der Waals surface area contributed by atoms with Crippen molar-refractivity contribution in [3.05, 3.63) is 24.3 Å². The molecule has 0 spiro atoms. The molecule has 0 heterocycles. The molecule has 0 unspecified atom stereocenters. The molecule has 0 aromatic heterocycles. The van der Waals surface area contributed by atoms with Gasteiger partial charge in [-0.25, -0.2) is 0 Å². The van der Waals surface area contributed by atoms with Gasteiger partial charge in [-0.15, -0.1) is 0 Å². The lowest BCUT2D eigenvalue weighted by Gasteiger charge is -2.22. The fourth-order valence-electron chi connectivity index (χ4n) is 2.07. The standard InChI is InChI=1S/C10H14O/c1-10(11)6-8-2-3-9(7-10)5-4-8/h2-5,8-9,11H,6-7H2,1H3. The average molecular weight is 150 g/mol. The van der Waals surface area contributed by atoms with E-state index in [0.717, 1.165) is 12.8 Å². The maximum atomic E-state index is 9.86. The van der Waals surface area contributed by atoms with Gasteiger partial charge in [0.05, 0.1) is 5.60 Å². The zero-order valence-corrected chi connectivity index (χ0v) is 6.83. The van der Waals surface area contributed by atoms with Crippen LogP contribution in [0.4, 0.5) is 0 Å². The van der Waals surface area contributed by atoms with Crippen LogP contribution in [0.2, 0.25) is 0 Å². The minimum Gasteiger partial charge on any atom is -0.390 e. The van der Waals surface area contributed by atoms with Crippen molar-refractivity contribution in [1.29, 1.82) is 0 Å². The molecule has 3 rings (SSSR count). The zero-order valence-electron chi connectivity index (χ0n) is 6.83. The van der Waals surface area contributed by atoms with Gasteiger partial charge in [-0.1, -0.05) is 24.3 Å². The Morgan fingerprint density at radius 2 is 1.45 bits per heavy atom. The van der Waals surface area contributed by atoms with Crippen LogP contribution < -0.4 is 0 Å². The predicted molar refractivity (Wildman–Crippen MR) is 45.1 cm³/mol. The highest BCUT2D eigenvalue weighted by molar-refractivity contribution is 5.18. The molecular weight excluding hydrogens is 136 g/mol. The van der Waals surface area contributed by atoms with Crippen LogP contribution >= 0.6 is 0 Å². The highest BCUT2D eigenvalue weighted by atomic mass is 16.3. The Labute approximate surface area is 67.4 Å². The van der Waals surface area contributed by atoms with Gasteiger partial charge in [-0.05, 0) is 31.6 Å². The molecule has 0 aliphatic heterocycles. The predicted octanol–water partition coefficient (Wildman–Crippen LogP) is 1.89. The lowest BCUT2D eigenvalue weighted by molar-refractivity contribution is 0.0352. The van der Waals surface area contributed by atoms with Gasteiger partial charge in [-0.3, -0.25) is 0 Å². The molecule has 3 aliphatic carbocycles. The van der Waals surface area contributed by atoms with Crippen LogP contribution in [0.1, 0.15) is 19.8 Å². The summed E-state index contributed by atoms with van der Waals surface area (Å²) in [6.45, 7) is 1.94. The molecule has 11 heavy (non-hydrogen) atoms. The second kappa shape index (κ2) is 2.21. The van der Waals surface area contributed by atoms with E-state index < -0.39 is 5.60 Å². The summed E-state index contributed by atoms with van der Waals surface area (Å²) in [5.74, 6) is 0.951. The Morgan fingerprint density at radius 3 is 1.82 bits per heavy atom. The van der Waals surface area contributed by atoms with Crippen LogP contribution in [0, 0.1) is 11.8 Å². The highest BCUT2D eigenvalue weighted by Crippen LogP contribution is 2.34. The third-order valence-electron chi connectivity index (χ3n) is 2.56. The maximum Gasteiger partial charge on any atom is 0.0637 e. The summed E-state index contributed by atoms with van der Waals surface area (Å²) in [4.78, 5) is 0. The Balaban J connectivity index is 2.24. The molecule has 1 nitrogen and oxygen atoms in total. The highest BCUT2D eigenvalue weighted by Gasteiger charge is 2.30. The van der Waals surface area contributed by atoms with E-state index in [2.05, 4.69) is 24.3 Å². The SMILES string of the molecule is CC1(O)CC2C=CC(C=C2)C1. The van der Waals surface area contributed by atoms with Gasteiger partial charge in [0.2, 0.25) is 0 Å². The number of allylic oxidation sites excluding steroid dienone is 4. The van der Waals surface area contributed by atoms with Gasteiger partial charge < -0.3 is 5.11 Å². The molecule has 0 aromatic carbocycles. The Hall–Kier alpha value is -0.560. The van der Waals surface area contributed by atoms with E-state index in [1.165, 1.54) is 0 Å². The topological polar surface area (TPSA) is 20.2 Å². The molecule has 3 aliphatic rings. The van der Waals surface area contributed by atoms with E-state index in [9.17, 15) is 5.11 Å². The van der Waals surface area contributed by atoms with Crippen LogP contribution in [-0.4, -0.2) is 10.7 Å². The second-order valence-electron chi connectivity index (χ2n) is 4.00. The normalized spacial score (nSPS) is 47.8. The van der Waals surface area contributed by atoms with Gasteiger partial charge in [0.15, 0.2) is 0 Å². The van der Waals surface area contributed by atoms with E-state index in [-0.39, 0.29) is 0 Å². The molecule has 0 atom stereocenters. The van der Waals surface area contributed by atoms with Crippen molar-refractivity contribution >= 4 is 0 Å². The number of rotatable bonds is 0. The summed E-state index contributed by atoms with van der Waals surface area (Å²) in [7, 11) is 0. The molecule has 0 saturated carbocycles. The molecule has 2 bridgehead atoms. The number of aliphatic hydroxyl groups is 1. The third kappa shape index (κ3) is 1.38. The van der Waals surface area contributed by atoms with Gasteiger partial charge in [-0.2, -0.15) is 0 Å². The molecule has 0 radical (unpaired) electrons. The lowest BCUT2D eigenvalue weighted by atomic mass is 9.92. The zero-order chi connectivity index (χ0) is 7.90.